The second kappa shape index (κ2) is 6.17. The molecule has 0 aliphatic carbocycles. The van der Waals surface area contributed by atoms with E-state index in [4.69, 9.17) is 0 Å². The molecule has 5 heteroatoms. The van der Waals surface area contributed by atoms with Crippen LogP contribution in [0.2, 0.25) is 0 Å². The van der Waals surface area contributed by atoms with Crippen LogP contribution in [0.4, 0.5) is 0 Å². The zero-order chi connectivity index (χ0) is 9.07. The lowest BCUT2D eigenvalue weighted by atomic mass is 10.4. The van der Waals surface area contributed by atoms with Gasteiger partial charge in [-0.15, -0.1) is 11.8 Å². The summed E-state index contributed by atoms with van der Waals surface area (Å²) in [6.45, 7) is 2.00. The number of hydrogen-bond donors (Lipinski definition) is 1. The molecule has 0 radical (unpaired) electrons. The fourth-order valence-electron chi connectivity index (χ4n) is 0.594. The molecule has 12 heavy (non-hydrogen) atoms. The minimum Gasteiger partial charge on any atom is -1.00 e. The Bertz CT molecular complexity index is 152. The number of thioether (sulfide) groups is 1. The van der Waals surface area contributed by atoms with Crippen molar-refractivity contribution < 1.29 is 38.4 Å². The van der Waals surface area contributed by atoms with Gasteiger partial charge in [0, 0.05) is 0 Å². The smallest absolute Gasteiger partial charge is 0.310 e. The maximum atomic E-state index is 11.0. The number of hydrogen-bond acceptors (Lipinski definition) is 3. The predicted octanol–water partition coefficient (Wildman–Crippen LogP) is -2.71. The molecular weight excluding hydrogens is 289 g/mol. The minimum absolute atomic E-state index is 0. The molecule has 0 saturated carbocycles. The molecule has 0 aliphatic rings. The van der Waals surface area contributed by atoms with Gasteiger partial charge in [0.2, 0.25) is 0 Å². The highest BCUT2D eigenvalue weighted by Gasteiger charge is 2.24. The van der Waals surface area contributed by atoms with Crippen LogP contribution in [0.3, 0.4) is 0 Å². The van der Waals surface area contributed by atoms with Gasteiger partial charge in [0.15, 0.2) is 0 Å². The Balaban J connectivity index is 0. The topological polar surface area (TPSA) is 37.3 Å². The van der Waals surface area contributed by atoms with E-state index in [1.165, 1.54) is 18.7 Å². The Hall–Kier alpha value is 0.670. The van der Waals surface area contributed by atoms with Crippen LogP contribution in [0.25, 0.3) is 0 Å². The van der Waals surface area contributed by atoms with Gasteiger partial charge in [-0.25, -0.2) is 4.79 Å². The van der Waals surface area contributed by atoms with Crippen molar-refractivity contribution >= 4 is 17.7 Å². The van der Waals surface area contributed by atoms with Crippen LogP contribution >= 0.6 is 11.8 Å². The highest BCUT2D eigenvalue weighted by molar-refractivity contribution is 7.99. The number of nitrogens with zero attached hydrogens (tertiary/aromatic N) is 1. The molecule has 0 aliphatic heterocycles. The molecule has 0 aromatic rings. The van der Waals surface area contributed by atoms with Crippen LogP contribution < -0.4 is 24.0 Å². The van der Waals surface area contributed by atoms with E-state index in [0.717, 1.165) is 0 Å². The lowest BCUT2D eigenvalue weighted by Gasteiger charge is -2.26. The molecule has 0 spiro atoms. The number of likely N-dealkylation sites (N-methyl/N-ethyl adjacent to an activating group) is 1. The van der Waals surface area contributed by atoms with Crippen molar-refractivity contribution in [1.29, 1.82) is 0 Å². The van der Waals surface area contributed by atoms with E-state index >= 15 is 0 Å². The molecule has 1 atom stereocenters. The summed E-state index contributed by atoms with van der Waals surface area (Å²) >= 11 is 1.36. The normalized spacial score (nSPS) is 13.4. The molecule has 74 valence electrons. The summed E-state index contributed by atoms with van der Waals surface area (Å²) in [6, 6.07) is 0. The van der Waals surface area contributed by atoms with Crippen molar-refractivity contribution in [3.63, 3.8) is 0 Å². The van der Waals surface area contributed by atoms with Gasteiger partial charge >= 0.3 is 5.91 Å². The van der Waals surface area contributed by atoms with Crippen molar-refractivity contribution in [2.75, 3.05) is 26.9 Å². The SMILES string of the molecule is CSC(O)C[N+](C)(C)C(C)=O.[I-]. The first kappa shape index (κ1) is 15.2. The lowest BCUT2D eigenvalue weighted by Crippen LogP contribution is -3.00. The van der Waals surface area contributed by atoms with E-state index < -0.39 is 5.44 Å². The van der Waals surface area contributed by atoms with Crippen molar-refractivity contribution in [2.45, 2.75) is 12.4 Å². The Morgan fingerprint density at radius 1 is 1.58 bits per heavy atom. The number of amides is 1. The van der Waals surface area contributed by atoms with E-state index in [1.807, 2.05) is 6.26 Å². The molecule has 1 unspecified atom stereocenters. The van der Waals surface area contributed by atoms with E-state index in [0.29, 0.717) is 6.54 Å². The van der Waals surface area contributed by atoms with Crippen LogP contribution in [-0.4, -0.2) is 47.8 Å². The fourth-order valence-corrected chi connectivity index (χ4v) is 1.12. The van der Waals surface area contributed by atoms with Gasteiger partial charge in [-0.1, -0.05) is 0 Å². The van der Waals surface area contributed by atoms with Gasteiger partial charge in [0.25, 0.3) is 0 Å². The molecule has 0 rings (SSSR count). The van der Waals surface area contributed by atoms with Crippen molar-refractivity contribution in [2.24, 2.45) is 0 Å². The lowest BCUT2D eigenvalue weighted by molar-refractivity contribution is -0.814. The predicted molar refractivity (Wildman–Crippen MR) is 47.2 cm³/mol. The maximum absolute atomic E-state index is 11.0. The fraction of sp³-hybridized carbons (Fsp3) is 0.857. The zero-order valence-corrected chi connectivity index (χ0v) is 10.8. The average Bonchev–Trinajstić information content (AvgIpc) is 1.86. The second-order valence-electron chi connectivity index (χ2n) is 3.08. The van der Waals surface area contributed by atoms with Crippen LogP contribution in [0.1, 0.15) is 6.92 Å². The zero-order valence-electron chi connectivity index (χ0n) is 7.87. The van der Waals surface area contributed by atoms with Crippen molar-refractivity contribution in [3.05, 3.63) is 0 Å². The molecular formula is C7H16INO2S. The van der Waals surface area contributed by atoms with Crippen LogP contribution in [-0.2, 0) is 4.79 Å². The number of quaternary nitrogens is 1. The van der Waals surface area contributed by atoms with Crippen LogP contribution in [0, 0.1) is 0 Å². The minimum atomic E-state index is -0.450. The Labute approximate surface area is 95.1 Å². The van der Waals surface area contributed by atoms with Crippen LogP contribution in [0.15, 0.2) is 0 Å². The van der Waals surface area contributed by atoms with Gasteiger partial charge in [-0.2, -0.15) is 0 Å². The number of aliphatic hydroxyl groups is 1. The summed E-state index contributed by atoms with van der Waals surface area (Å²) in [6.07, 6.45) is 1.82. The van der Waals surface area contributed by atoms with Crippen molar-refractivity contribution in [1.82, 2.24) is 0 Å². The first-order valence-corrected chi connectivity index (χ1v) is 4.74. The number of rotatable bonds is 3. The standard InChI is InChI=1S/C7H16NO2S.HI/c1-6(9)8(2,3)5-7(10)11-4;/h7,10H,5H2,1-4H3;1H/q+1;/p-1. The Morgan fingerprint density at radius 3 is 2.25 bits per heavy atom. The summed E-state index contributed by atoms with van der Waals surface area (Å²) in [7, 11) is 3.59. The van der Waals surface area contributed by atoms with Crippen molar-refractivity contribution in [3.8, 4) is 0 Å². The molecule has 1 amide bonds. The largest absolute Gasteiger partial charge is 1.00 e. The first-order valence-electron chi connectivity index (χ1n) is 3.45. The molecule has 3 nitrogen and oxygen atoms in total. The third kappa shape index (κ3) is 5.34. The van der Waals surface area contributed by atoms with Gasteiger partial charge in [0.05, 0.1) is 21.0 Å². The highest BCUT2D eigenvalue weighted by Crippen LogP contribution is 2.08. The molecule has 0 bridgehead atoms. The van der Waals surface area contributed by atoms with E-state index in [1.54, 1.807) is 14.1 Å². The number of aliphatic hydroxyl groups excluding tert-OH is 1. The number of halogens is 1. The summed E-state index contributed by atoms with van der Waals surface area (Å²) in [5.41, 5.74) is -0.450. The molecule has 0 fully saturated rings. The number of carbonyl (C=O) groups excluding carboxylic acids is 1. The summed E-state index contributed by atoms with van der Waals surface area (Å²) in [5, 5.41) is 9.24. The third-order valence-corrected chi connectivity index (χ3v) is 2.43. The highest BCUT2D eigenvalue weighted by atomic mass is 127. The van der Waals surface area contributed by atoms with Gasteiger partial charge in [-0.3, -0.25) is 4.48 Å². The summed E-state index contributed by atoms with van der Waals surface area (Å²) in [5.74, 6) is 0.0677. The molecule has 0 heterocycles. The molecule has 0 aromatic carbocycles. The van der Waals surface area contributed by atoms with Gasteiger partial charge in [-0.05, 0) is 6.26 Å². The Morgan fingerprint density at radius 2 is 2.00 bits per heavy atom. The summed E-state index contributed by atoms with van der Waals surface area (Å²) in [4.78, 5) is 11.0. The first-order chi connectivity index (χ1) is 4.90. The quantitative estimate of drug-likeness (QED) is 0.350. The monoisotopic (exact) mass is 305 g/mol. The van der Waals surface area contributed by atoms with Gasteiger partial charge in [0.1, 0.15) is 12.0 Å². The average molecular weight is 305 g/mol. The van der Waals surface area contributed by atoms with E-state index in [2.05, 4.69) is 0 Å². The third-order valence-electron chi connectivity index (χ3n) is 1.74. The molecule has 0 aromatic heterocycles. The summed E-state index contributed by atoms with van der Waals surface area (Å²) < 4.78 is 0.238. The maximum Gasteiger partial charge on any atom is 0.310 e. The van der Waals surface area contributed by atoms with E-state index in [9.17, 15) is 9.90 Å². The van der Waals surface area contributed by atoms with Gasteiger partial charge < -0.3 is 29.1 Å². The molecule has 1 N–H and O–H groups in total. The Kier molecular flexibility index (Phi) is 7.80. The second-order valence-corrected chi connectivity index (χ2v) is 4.09. The number of carbonyl (C=O) groups is 1. The van der Waals surface area contributed by atoms with E-state index in [-0.39, 0.29) is 34.4 Å². The molecule has 0 saturated heterocycles. The van der Waals surface area contributed by atoms with Crippen LogP contribution in [0.5, 0.6) is 0 Å².